The molecule has 168 valence electrons. The third-order valence-electron chi connectivity index (χ3n) is 5.48. The van der Waals surface area contributed by atoms with Gasteiger partial charge in [-0.05, 0) is 30.4 Å². The number of rotatable bonds is 9. The van der Waals surface area contributed by atoms with E-state index in [1.54, 1.807) is 42.6 Å². The van der Waals surface area contributed by atoms with Crippen molar-refractivity contribution < 1.29 is 29.7 Å². The van der Waals surface area contributed by atoms with Gasteiger partial charge in [0.1, 0.15) is 15.5 Å². The number of fused-ring (bicyclic) bond motifs is 1. The molecule has 8 heteroatoms. The molecule has 4 aromatic rings. The van der Waals surface area contributed by atoms with Gasteiger partial charge >= 0.3 is 11.9 Å². The van der Waals surface area contributed by atoms with Crippen molar-refractivity contribution in [1.82, 2.24) is 4.98 Å². The summed E-state index contributed by atoms with van der Waals surface area (Å²) in [5, 5.41) is 30.0. The molecule has 0 saturated carbocycles. The van der Waals surface area contributed by atoms with Crippen LogP contribution in [-0.2, 0) is 11.2 Å². The number of hydrogen-bond donors (Lipinski definition) is 4. The van der Waals surface area contributed by atoms with Gasteiger partial charge in [-0.2, -0.15) is 0 Å². The summed E-state index contributed by atoms with van der Waals surface area (Å²) in [6.45, 7) is 0. The van der Waals surface area contributed by atoms with E-state index in [2.05, 4.69) is 4.98 Å². The summed E-state index contributed by atoms with van der Waals surface area (Å²) in [6, 6.07) is 14.2. The zero-order valence-corrected chi connectivity index (χ0v) is 18.3. The van der Waals surface area contributed by atoms with Gasteiger partial charge in [0.2, 0.25) is 5.78 Å². The fraction of sp³-hybridized carbons (Fsp3) is 0.160. The Morgan fingerprint density at radius 2 is 1.67 bits per heavy atom. The number of unbranched alkanes of at least 4 members (excludes halogenated alkanes) is 1. The molecule has 0 spiro atoms. The van der Waals surface area contributed by atoms with Crippen LogP contribution in [0.25, 0.3) is 22.0 Å². The Morgan fingerprint density at radius 1 is 0.909 bits per heavy atom. The Bertz CT molecular complexity index is 1350. The van der Waals surface area contributed by atoms with Crippen LogP contribution in [0.5, 0.6) is 5.75 Å². The number of carbonyl (C=O) groups is 3. The van der Waals surface area contributed by atoms with Crippen molar-refractivity contribution >= 4 is 40.0 Å². The van der Waals surface area contributed by atoms with Gasteiger partial charge in [0, 0.05) is 34.6 Å². The van der Waals surface area contributed by atoms with Gasteiger partial charge in [0.15, 0.2) is 0 Å². The van der Waals surface area contributed by atoms with Crippen LogP contribution in [0.2, 0.25) is 0 Å². The maximum absolute atomic E-state index is 13.4. The minimum atomic E-state index is -1.21. The van der Waals surface area contributed by atoms with Crippen LogP contribution in [0.15, 0.2) is 54.7 Å². The highest BCUT2D eigenvalue weighted by molar-refractivity contribution is 7.17. The fourth-order valence-corrected chi connectivity index (χ4v) is 4.94. The molecule has 0 radical (unpaired) electrons. The first-order chi connectivity index (χ1) is 15.9. The number of nitrogens with one attached hydrogen (secondary N) is 1. The van der Waals surface area contributed by atoms with E-state index in [1.165, 1.54) is 0 Å². The van der Waals surface area contributed by atoms with Crippen molar-refractivity contribution in [3.63, 3.8) is 0 Å². The molecule has 2 aromatic carbocycles. The maximum Gasteiger partial charge on any atom is 0.346 e. The van der Waals surface area contributed by atoms with E-state index >= 15 is 0 Å². The number of H-pyrrole nitrogens is 1. The highest BCUT2D eigenvalue weighted by Crippen LogP contribution is 2.43. The Labute approximate surface area is 192 Å². The van der Waals surface area contributed by atoms with Gasteiger partial charge in [-0.15, -0.1) is 11.3 Å². The van der Waals surface area contributed by atoms with E-state index in [-0.39, 0.29) is 27.5 Å². The Hall–Kier alpha value is -3.91. The zero-order chi connectivity index (χ0) is 23.5. The molecule has 2 heterocycles. The minimum Gasteiger partial charge on any atom is -0.506 e. The molecular formula is C25H21NO6S. The Kier molecular flexibility index (Phi) is 6.28. The molecule has 2 aromatic heterocycles. The van der Waals surface area contributed by atoms with E-state index in [4.69, 9.17) is 5.11 Å². The number of aromatic hydroxyl groups is 1. The number of para-hydroxylation sites is 1. The van der Waals surface area contributed by atoms with E-state index in [0.717, 1.165) is 22.4 Å². The number of aromatic carboxylic acids is 1. The van der Waals surface area contributed by atoms with E-state index in [1.807, 2.05) is 12.1 Å². The number of carboxylic acids is 2. The van der Waals surface area contributed by atoms with Gasteiger partial charge in [0.05, 0.1) is 0 Å². The quantitative estimate of drug-likeness (QED) is 0.196. The standard InChI is InChI=1S/C25H21NO6S/c27-18(28)12-5-4-9-15-10-6-11-16-17(13-26-20(15)16)21(29)24-22(30)19(23(33-24)25(31)32)14-7-2-1-3-8-14/h1-3,6-8,10-11,13,26,30H,4-5,9,12H2,(H,27,28)(H,31,32). The van der Waals surface area contributed by atoms with Gasteiger partial charge in [-0.3, -0.25) is 9.59 Å². The first kappa shape index (κ1) is 22.3. The number of aryl methyl sites for hydroxylation is 1. The molecule has 0 aliphatic carbocycles. The van der Waals surface area contributed by atoms with Crippen LogP contribution in [-0.4, -0.2) is 38.0 Å². The average molecular weight is 464 g/mol. The van der Waals surface area contributed by atoms with Gasteiger partial charge in [0.25, 0.3) is 0 Å². The summed E-state index contributed by atoms with van der Waals surface area (Å²) in [4.78, 5) is 38.9. The molecule has 0 aliphatic heterocycles. The molecule has 4 N–H and O–H groups in total. The molecule has 0 atom stereocenters. The minimum absolute atomic E-state index is 0.0287. The molecule has 0 bridgehead atoms. The van der Waals surface area contributed by atoms with E-state index in [0.29, 0.717) is 35.8 Å². The van der Waals surface area contributed by atoms with Crippen LogP contribution in [0.3, 0.4) is 0 Å². The molecule has 4 rings (SSSR count). The number of aliphatic carboxylic acids is 1. The summed E-state index contributed by atoms with van der Waals surface area (Å²) in [6.07, 6.45) is 3.58. The third kappa shape index (κ3) is 4.38. The highest BCUT2D eigenvalue weighted by Gasteiger charge is 2.28. The second kappa shape index (κ2) is 9.30. The summed E-state index contributed by atoms with van der Waals surface area (Å²) >= 11 is 0.759. The number of aromatic nitrogens is 1. The van der Waals surface area contributed by atoms with Crippen molar-refractivity contribution in [1.29, 1.82) is 0 Å². The predicted octanol–water partition coefficient (Wildman–Crippen LogP) is 5.33. The van der Waals surface area contributed by atoms with Crippen LogP contribution in [0, 0.1) is 0 Å². The number of benzene rings is 2. The first-order valence-corrected chi connectivity index (χ1v) is 11.2. The van der Waals surface area contributed by atoms with Crippen molar-refractivity contribution in [2.75, 3.05) is 0 Å². The Balaban J connectivity index is 1.70. The lowest BCUT2D eigenvalue weighted by atomic mass is 10.0. The molecule has 0 saturated heterocycles. The third-order valence-corrected chi connectivity index (χ3v) is 6.64. The van der Waals surface area contributed by atoms with Crippen molar-refractivity contribution in [3.05, 3.63) is 75.6 Å². The lowest BCUT2D eigenvalue weighted by Crippen LogP contribution is -1.98. The van der Waals surface area contributed by atoms with Gasteiger partial charge < -0.3 is 20.3 Å². The number of hydrogen-bond acceptors (Lipinski definition) is 5. The van der Waals surface area contributed by atoms with Crippen molar-refractivity contribution in [3.8, 4) is 16.9 Å². The number of carbonyl (C=O) groups excluding carboxylic acids is 1. The lowest BCUT2D eigenvalue weighted by Gasteiger charge is -2.04. The number of ketones is 1. The largest absolute Gasteiger partial charge is 0.506 e. The second-order valence-electron chi connectivity index (χ2n) is 7.63. The summed E-state index contributed by atoms with van der Waals surface area (Å²) in [5.74, 6) is -2.84. The first-order valence-electron chi connectivity index (χ1n) is 10.4. The van der Waals surface area contributed by atoms with E-state index in [9.17, 15) is 24.6 Å². The summed E-state index contributed by atoms with van der Waals surface area (Å²) in [5.41, 5.74) is 2.73. The molecular weight excluding hydrogens is 442 g/mol. The zero-order valence-electron chi connectivity index (χ0n) is 17.5. The van der Waals surface area contributed by atoms with Gasteiger partial charge in [-0.1, -0.05) is 48.5 Å². The van der Waals surface area contributed by atoms with Crippen LogP contribution in [0.1, 0.15) is 49.7 Å². The molecule has 0 aliphatic rings. The van der Waals surface area contributed by atoms with E-state index < -0.39 is 17.7 Å². The van der Waals surface area contributed by atoms with Crippen molar-refractivity contribution in [2.24, 2.45) is 0 Å². The molecule has 0 unspecified atom stereocenters. The second-order valence-corrected chi connectivity index (χ2v) is 8.65. The smallest absolute Gasteiger partial charge is 0.346 e. The monoisotopic (exact) mass is 463 g/mol. The number of aromatic amines is 1. The molecule has 7 nitrogen and oxygen atoms in total. The highest BCUT2D eigenvalue weighted by atomic mass is 32.1. The lowest BCUT2D eigenvalue weighted by molar-refractivity contribution is -0.137. The average Bonchev–Trinajstić information content (AvgIpc) is 3.38. The fourth-order valence-electron chi connectivity index (χ4n) is 3.93. The topological polar surface area (TPSA) is 128 Å². The van der Waals surface area contributed by atoms with Crippen LogP contribution >= 0.6 is 11.3 Å². The molecule has 0 fully saturated rings. The molecule has 33 heavy (non-hydrogen) atoms. The SMILES string of the molecule is O=C(O)CCCCc1cccc2c(C(=O)c3sc(C(=O)O)c(-c4ccccc4)c3O)c[nH]c12. The number of carboxylic acid groups (broad SMARTS) is 2. The normalized spacial score (nSPS) is 11.0. The number of thiophene rings is 1. The predicted molar refractivity (Wildman–Crippen MR) is 125 cm³/mol. The molecule has 0 amide bonds. The van der Waals surface area contributed by atoms with Gasteiger partial charge in [-0.25, -0.2) is 4.79 Å². The van der Waals surface area contributed by atoms with Crippen molar-refractivity contribution in [2.45, 2.75) is 25.7 Å². The summed E-state index contributed by atoms with van der Waals surface area (Å²) in [7, 11) is 0. The Morgan fingerprint density at radius 3 is 2.36 bits per heavy atom. The van der Waals surface area contributed by atoms with Crippen LogP contribution in [0.4, 0.5) is 0 Å². The maximum atomic E-state index is 13.4. The van der Waals surface area contributed by atoms with Crippen LogP contribution < -0.4 is 0 Å². The summed E-state index contributed by atoms with van der Waals surface area (Å²) < 4.78 is 0.